The second kappa shape index (κ2) is 7.09. The van der Waals surface area contributed by atoms with Crippen LogP contribution >= 0.6 is 0 Å². The maximum atomic E-state index is 11.4. The van der Waals surface area contributed by atoms with Crippen LogP contribution in [0.1, 0.15) is 26.3 Å². The fourth-order valence-corrected chi connectivity index (χ4v) is 1.87. The standard InChI is InChI=1S/C14H19NO4S/c1-4-20(17,18)19-13-8-5-12(6-9-13)7-10-14(16)15-11(2)3/h5-11H,4H2,1-3H3,(H,15,16). The van der Waals surface area contributed by atoms with Gasteiger partial charge in [0.15, 0.2) is 0 Å². The number of hydrogen-bond donors (Lipinski definition) is 1. The lowest BCUT2D eigenvalue weighted by Crippen LogP contribution is -2.28. The van der Waals surface area contributed by atoms with E-state index in [4.69, 9.17) is 4.18 Å². The second-order valence-corrected chi connectivity index (χ2v) is 6.35. The lowest BCUT2D eigenvalue weighted by molar-refractivity contribution is -0.116. The van der Waals surface area contributed by atoms with Crippen molar-refractivity contribution in [3.05, 3.63) is 35.9 Å². The molecule has 0 aliphatic rings. The van der Waals surface area contributed by atoms with E-state index in [1.165, 1.54) is 13.0 Å². The number of amides is 1. The Morgan fingerprint density at radius 2 is 1.90 bits per heavy atom. The predicted octanol–water partition coefficient (Wildman–Crippen LogP) is 1.95. The summed E-state index contributed by atoms with van der Waals surface area (Å²) in [6.45, 7) is 5.28. The van der Waals surface area contributed by atoms with E-state index >= 15 is 0 Å². The molecule has 0 bridgehead atoms. The fourth-order valence-electron chi connectivity index (χ4n) is 1.34. The first-order valence-electron chi connectivity index (χ1n) is 6.33. The van der Waals surface area contributed by atoms with Crippen molar-refractivity contribution in [2.75, 3.05) is 5.75 Å². The van der Waals surface area contributed by atoms with Crippen LogP contribution in [0.15, 0.2) is 30.3 Å². The molecule has 1 aromatic rings. The molecule has 1 N–H and O–H groups in total. The van der Waals surface area contributed by atoms with Crippen LogP contribution < -0.4 is 9.50 Å². The van der Waals surface area contributed by atoms with E-state index in [0.29, 0.717) is 0 Å². The number of carbonyl (C=O) groups is 1. The van der Waals surface area contributed by atoms with E-state index < -0.39 is 10.1 Å². The predicted molar refractivity (Wildman–Crippen MR) is 78.8 cm³/mol. The second-order valence-electron chi connectivity index (χ2n) is 4.50. The van der Waals surface area contributed by atoms with Gasteiger partial charge in [-0.15, -0.1) is 0 Å². The van der Waals surface area contributed by atoms with Crippen LogP contribution in [0, 0.1) is 0 Å². The van der Waals surface area contributed by atoms with Gasteiger partial charge in [-0.25, -0.2) is 0 Å². The molecular formula is C14H19NO4S. The van der Waals surface area contributed by atoms with Gasteiger partial charge in [-0.05, 0) is 44.5 Å². The first-order chi connectivity index (χ1) is 9.32. The summed E-state index contributed by atoms with van der Waals surface area (Å²) in [6, 6.07) is 6.54. The quantitative estimate of drug-likeness (QED) is 0.643. The van der Waals surface area contributed by atoms with Crippen molar-refractivity contribution in [3.8, 4) is 5.75 Å². The van der Waals surface area contributed by atoms with Gasteiger partial charge in [-0.1, -0.05) is 12.1 Å². The van der Waals surface area contributed by atoms with Gasteiger partial charge < -0.3 is 9.50 Å². The molecule has 110 valence electrons. The van der Waals surface area contributed by atoms with Gasteiger partial charge in [-0.2, -0.15) is 8.42 Å². The molecule has 0 aliphatic carbocycles. The summed E-state index contributed by atoms with van der Waals surface area (Å²) in [6.07, 6.45) is 3.08. The molecule has 1 aromatic carbocycles. The monoisotopic (exact) mass is 297 g/mol. The topological polar surface area (TPSA) is 72.5 Å². The average Bonchev–Trinajstić information content (AvgIpc) is 2.37. The molecule has 0 unspecified atom stereocenters. The molecule has 1 amide bonds. The zero-order valence-electron chi connectivity index (χ0n) is 11.8. The Kier molecular flexibility index (Phi) is 5.76. The molecule has 0 spiro atoms. The number of nitrogens with one attached hydrogen (secondary N) is 1. The Labute approximate surface area is 119 Å². The summed E-state index contributed by atoms with van der Waals surface area (Å²) in [5.41, 5.74) is 0.783. The molecule has 0 saturated heterocycles. The highest BCUT2D eigenvalue weighted by atomic mass is 32.2. The van der Waals surface area contributed by atoms with Gasteiger partial charge in [0.05, 0.1) is 5.75 Å². The van der Waals surface area contributed by atoms with Crippen LogP contribution in [-0.2, 0) is 14.9 Å². The fraction of sp³-hybridized carbons (Fsp3) is 0.357. The normalized spacial score (nSPS) is 11.8. The van der Waals surface area contributed by atoms with Crippen LogP contribution in [0.2, 0.25) is 0 Å². The van der Waals surface area contributed by atoms with Gasteiger partial charge in [0.25, 0.3) is 0 Å². The molecule has 1 rings (SSSR count). The maximum Gasteiger partial charge on any atom is 0.308 e. The highest BCUT2D eigenvalue weighted by molar-refractivity contribution is 7.87. The van der Waals surface area contributed by atoms with Crippen LogP contribution in [0.4, 0.5) is 0 Å². The number of rotatable bonds is 6. The molecule has 0 saturated carbocycles. The zero-order chi connectivity index (χ0) is 15.2. The van der Waals surface area contributed by atoms with Crippen molar-refractivity contribution in [3.63, 3.8) is 0 Å². The van der Waals surface area contributed by atoms with Crippen molar-refractivity contribution in [1.82, 2.24) is 5.32 Å². The summed E-state index contributed by atoms with van der Waals surface area (Å²) in [5.74, 6) is 0.00818. The van der Waals surface area contributed by atoms with Crippen molar-refractivity contribution < 1.29 is 17.4 Å². The Bertz CT molecular complexity index is 574. The van der Waals surface area contributed by atoms with Crippen molar-refractivity contribution in [2.24, 2.45) is 0 Å². The summed E-state index contributed by atoms with van der Waals surface area (Å²) >= 11 is 0. The van der Waals surface area contributed by atoms with Crippen LogP contribution in [0.5, 0.6) is 5.75 Å². The summed E-state index contributed by atoms with van der Waals surface area (Å²) < 4.78 is 27.4. The summed E-state index contributed by atoms with van der Waals surface area (Å²) in [4.78, 5) is 11.4. The first-order valence-corrected chi connectivity index (χ1v) is 7.91. The van der Waals surface area contributed by atoms with Gasteiger partial charge in [0.2, 0.25) is 5.91 Å². The average molecular weight is 297 g/mol. The third-order valence-electron chi connectivity index (χ3n) is 2.31. The Hall–Kier alpha value is -1.82. The zero-order valence-corrected chi connectivity index (χ0v) is 12.6. The highest BCUT2D eigenvalue weighted by Gasteiger charge is 2.08. The van der Waals surface area contributed by atoms with E-state index in [9.17, 15) is 13.2 Å². The van der Waals surface area contributed by atoms with E-state index in [-0.39, 0.29) is 23.5 Å². The summed E-state index contributed by atoms with van der Waals surface area (Å²) in [7, 11) is -3.51. The number of hydrogen-bond acceptors (Lipinski definition) is 4. The first kappa shape index (κ1) is 16.2. The highest BCUT2D eigenvalue weighted by Crippen LogP contribution is 2.15. The van der Waals surface area contributed by atoms with Gasteiger partial charge in [-0.3, -0.25) is 4.79 Å². The molecule has 20 heavy (non-hydrogen) atoms. The lowest BCUT2D eigenvalue weighted by atomic mass is 10.2. The van der Waals surface area contributed by atoms with E-state index in [1.54, 1.807) is 30.3 Å². The molecule has 0 heterocycles. The smallest absolute Gasteiger partial charge is 0.308 e. The minimum Gasteiger partial charge on any atom is -0.382 e. The third-order valence-corrected chi connectivity index (χ3v) is 3.47. The van der Waals surface area contributed by atoms with Crippen LogP contribution in [0.3, 0.4) is 0 Å². The lowest BCUT2D eigenvalue weighted by Gasteiger charge is -2.05. The van der Waals surface area contributed by atoms with Crippen molar-refractivity contribution in [1.29, 1.82) is 0 Å². The van der Waals surface area contributed by atoms with Crippen LogP contribution in [-0.4, -0.2) is 26.1 Å². The molecule has 0 aliphatic heterocycles. The molecular weight excluding hydrogens is 278 g/mol. The minimum atomic E-state index is -3.51. The van der Waals surface area contributed by atoms with Crippen molar-refractivity contribution >= 4 is 22.1 Å². The van der Waals surface area contributed by atoms with E-state index in [2.05, 4.69) is 5.32 Å². The molecule has 0 aromatic heterocycles. The Balaban J connectivity index is 2.68. The SMILES string of the molecule is CCS(=O)(=O)Oc1ccc(C=CC(=O)NC(C)C)cc1. The van der Waals surface area contributed by atoms with Gasteiger partial charge in [0.1, 0.15) is 5.75 Å². The largest absolute Gasteiger partial charge is 0.382 e. The molecule has 0 fully saturated rings. The Morgan fingerprint density at radius 1 is 1.30 bits per heavy atom. The maximum absolute atomic E-state index is 11.4. The van der Waals surface area contributed by atoms with Crippen LogP contribution in [0.25, 0.3) is 6.08 Å². The van der Waals surface area contributed by atoms with Gasteiger partial charge >= 0.3 is 10.1 Å². The molecule has 0 atom stereocenters. The Morgan fingerprint density at radius 3 is 2.40 bits per heavy atom. The third kappa shape index (κ3) is 5.88. The minimum absolute atomic E-state index is 0.0793. The molecule has 0 radical (unpaired) electrons. The molecule has 6 heteroatoms. The van der Waals surface area contributed by atoms with E-state index in [0.717, 1.165) is 5.56 Å². The number of carbonyl (C=O) groups excluding carboxylic acids is 1. The molecule has 5 nitrogen and oxygen atoms in total. The summed E-state index contributed by atoms with van der Waals surface area (Å²) in [5, 5.41) is 2.73. The van der Waals surface area contributed by atoms with Gasteiger partial charge in [0, 0.05) is 12.1 Å². The number of benzene rings is 1. The van der Waals surface area contributed by atoms with E-state index in [1.807, 2.05) is 13.8 Å². The van der Waals surface area contributed by atoms with Crippen molar-refractivity contribution in [2.45, 2.75) is 26.8 Å².